The quantitative estimate of drug-likeness (QED) is 0.707. The number of rotatable bonds is 4. The molecule has 0 radical (unpaired) electrons. The zero-order valence-electron chi connectivity index (χ0n) is 8.84. The van der Waals surface area contributed by atoms with Crippen molar-refractivity contribution in [2.45, 2.75) is 24.3 Å². The van der Waals surface area contributed by atoms with Gasteiger partial charge in [0.25, 0.3) is 0 Å². The molecule has 0 aromatic carbocycles. The molecule has 0 fully saturated rings. The molecule has 15 heavy (non-hydrogen) atoms. The van der Waals surface area contributed by atoms with Crippen molar-refractivity contribution < 1.29 is 0 Å². The van der Waals surface area contributed by atoms with Crippen LogP contribution in [-0.2, 0) is 0 Å². The predicted octanol–water partition coefficient (Wildman–Crippen LogP) is 5.37. The van der Waals surface area contributed by atoms with Gasteiger partial charge in [-0.3, -0.25) is 0 Å². The molecular weight excluding hydrogens is 240 g/mol. The van der Waals surface area contributed by atoms with E-state index in [2.05, 4.69) is 48.9 Å². The van der Waals surface area contributed by atoms with Gasteiger partial charge in [0.05, 0.1) is 0 Å². The van der Waals surface area contributed by atoms with Gasteiger partial charge in [-0.2, -0.15) is 0 Å². The fraction of sp³-hybridized carbons (Fsp3) is 0.333. The van der Waals surface area contributed by atoms with Crippen molar-refractivity contribution in [3.05, 3.63) is 44.8 Å². The first-order chi connectivity index (χ1) is 7.27. The highest BCUT2D eigenvalue weighted by molar-refractivity contribution is 7.99. The fourth-order valence-electron chi connectivity index (χ4n) is 1.49. The second kappa shape index (κ2) is 5.19. The lowest BCUT2D eigenvalue weighted by Crippen LogP contribution is -1.89. The average Bonchev–Trinajstić information content (AvgIpc) is 2.91. The Kier molecular flexibility index (Phi) is 3.89. The Morgan fingerprint density at radius 3 is 1.73 bits per heavy atom. The predicted molar refractivity (Wildman–Crippen MR) is 73.1 cm³/mol. The molecule has 2 aromatic rings. The molecule has 0 saturated heterocycles. The van der Waals surface area contributed by atoms with Crippen LogP contribution in [0, 0.1) is 0 Å². The van der Waals surface area contributed by atoms with Gasteiger partial charge in [0.15, 0.2) is 0 Å². The lowest BCUT2D eigenvalue weighted by atomic mass is 10.4. The number of hydrogen-bond acceptors (Lipinski definition) is 3. The summed E-state index contributed by atoms with van der Waals surface area (Å²) in [4.78, 5) is 2.95. The molecule has 2 atom stereocenters. The maximum Gasteiger partial charge on any atom is 0.0369 e. The molecule has 80 valence electrons. The van der Waals surface area contributed by atoms with Crippen LogP contribution >= 0.6 is 34.4 Å². The Morgan fingerprint density at radius 2 is 1.40 bits per heavy atom. The van der Waals surface area contributed by atoms with Crippen LogP contribution in [0.3, 0.4) is 0 Å². The van der Waals surface area contributed by atoms with E-state index >= 15 is 0 Å². The molecule has 0 aliphatic carbocycles. The monoisotopic (exact) mass is 254 g/mol. The van der Waals surface area contributed by atoms with Crippen LogP contribution < -0.4 is 0 Å². The molecule has 3 heteroatoms. The minimum atomic E-state index is 0.599. The molecule has 0 saturated carbocycles. The molecule has 2 rings (SSSR count). The second-order valence-electron chi connectivity index (χ2n) is 3.45. The topological polar surface area (TPSA) is 0 Å². The summed E-state index contributed by atoms with van der Waals surface area (Å²) in [7, 11) is 0. The molecule has 0 spiro atoms. The van der Waals surface area contributed by atoms with Gasteiger partial charge in [0.2, 0.25) is 0 Å². The van der Waals surface area contributed by atoms with Crippen molar-refractivity contribution in [1.82, 2.24) is 0 Å². The summed E-state index contributed by atoms with van der Waals surface area (Å²) >= 11 is 5.74. The minimum absolute atomic E-state index is 0.599. The van der Waals surface area contributed by atoms with Crippen LogP contribution in [0.5, 0.6) is 0 Å². The third-order valence-electron chi connectivity index (χ3n) is 2.30. The van der Waals surface area contributed by atoms with Gasteiger partial charge in [-0.25, -0.2) is 0 Å². The summed E-state index contributed by atoms with van der Waals surface area (Å²) in [5, 5.41) is 5.51. The van der Waals surface area contributed by atoms with Crippen LogP contribution in [0.1, 0.15) is 34.1 Å². The molecule has 0 aliphatic rings. The van der Waals surface area contributed by atoms with Gasteiger partial charge in [-0.05, 0) is 36.7 Å². The highest BCUT2D eigenvalue weighted by Crippen LogP contribution is 2.42. The second-order valence-corrected chi connectivity index (χ2v) is 7.10. The summed E-state index contributed by atoms with van der Waals surface area (Å²) in [6.45, 7) is 4.58. The van der Waals surface area contributed by atoms with E-state index in [1.165, 1.54) is 9.75 Å². The molecule has 0 nitrogen and oxygen atoms in total. The van der Waals surface area contributed by atoms with E-state index in [9.17, 15) is 0 Å². The first kappa shape index (κ1) is 11.2. The van der Waals surface area contributed by atoms with Crippen molar-refractivity contribution in [2.24, 2.45) is 0 Å². The van der Waals surface area contributed by atoms with E-state index in [1.807, 2.05) is 34.4 Å². The molecule has 2 unspecified atom stereocenters. The van der Waals surface area contributed by atoms with Gasteiger partial charge in [-0.1, -0.05) is 12.1 Å². The number of hydrogen-bond donors (Lipinski definition) is 0. The Hall–Kier alpha value is -0.250. The summed E-state index contributed by atoms with van der Waals surface area (Å²) in [6, 6.07) is 8.71. The lowest BCUT2D eigenvalue weighted by Gasteiger charge is -2.14. The summed E-state index contributed by atoms with van der Waals surface area (Å²) in [5.74, 6) is 0. The van der Waals surface area contributed by atoms with Gasteiger partial charge in [0.1, 0.15) is 0 Å². The highest BCUT2D eigenvalue weighted by Gasteiger charge is 2.13. The van der Waals surface area contributed by atoms with Crippen molar-refractivity contribution in [3.63, 3.8) is 0 Å². The Labute approximate surface area is 103 Å². The fourth-order valence-corrected chi connectivity index (χ4v) is 4.52. The van der Waals surface area contributed by atoms with Crippen LogP contribution in [0.4, 0.5) is 0 Å². The maximum absolute atomic E-state index is 2.29. The summed E-state index contributed by atoms with van der Waals surface area (Å²) in [5.41, 5.74) is 0. The summed E-state index contributed by atoms with van der Waals surface area (Å²) < 4.78 is 0. The smallest absolute Gasteiger partial charge is 0.0369 e. The summed E-state index contributed by atoms with van der Waals surface area (Å²) in [6.07, 6.45) is 0. The van der Waals surface area contributed by atoms with Gasteiger partial charge < -0.3 is 0 Å². The van der Waals surface area contributed by atoms with E-state index in [4.69, 9.17) is 0 Å². The third kappa shape index (κ3) is 2.86. The molecule has 0 bridgehead atoms. The zero-order chi connectivity index (χ0) is 10.7. The van der Waals surface area contributed by atoms with Crippen molar-refractivity contribution in [2.75, 3.05) is 0 Å². The third-order valence-corrected chi connectivity index (χ3v) is 6.03. The molecular formula is C12H14S3. The van der Waals surface area contributed by atoms with Gasteiger partial charge >= 0.3 is 0 Å². The maximum atomic E-state index is 2.29. The Bertz CT molecular complexity index is 337. The van der Waals surface area contributed by atoms with Crippen LogP contribution in [0.15, 0.2) is 35.0 Å². The molecule has 0 aliphatic heterocycles. The molecule has 0 amide bonds. The van der Waals surface area contributed by atoms with Gasteiger partial charge in [0, 0.05) is 20.3 Å². The van der Waals surface area contributed by atoms with E-state index in [0.717, 1.165) is 0 Å². The van der Waals surface area contributed by atoms with Crippen LogP contribution in [0.25, 0.3) is 0 Å². The van der Waals surface area contributed by atoms with Gasteiger partial charge in [-0.15, -0.1) is 34.4 Å². The van der Waals surface area contributed by atoms with Crippen molar-refractivity contribution >= 4 is 34.4 Å². The first-order valence-electron chi connectivity index (χ1n) is 4.99. The number of thiophene rings is 2. The molecule has 2 heterocycles. The highest BCUT2D eigenvalue weighted by atomic mass is 32.2. The normalized spacial score (nSPS) is 15.1. The lowest BCUT2D eigenvalue weighted by molar-refractivity contribution is 1.07. The van der Waals surface area contributed by atoms with E-state index in [0.29, 0.717) is 10.5 Å². The Balaban J connectivity index is 1.98. The minimum Gasteiger partial charge on any atom is -0.148 e. The Morgan fingerprint density at radius 1 is 0.933 bits per heavy atom. The van der Waals surface area contributed by atoms with E-state index in [1.54, 1.807) is 0 Å². The van der Waals surface area contributed by atoms with E-state index < -0.39 is 0 Å². The van der Waals surface area contributed by atoms with Crippen molar-refractivity contribution in [1.29, 1.82) is 0 Å². The largest absolute Gasteiger partial charge is 0.148 e. The SMILES string of the molecule is CC(SC(C)c1cccs1)c1cccs1. The van der Waals surface area contributed by atoms with Crippen LogP contribution in [-0.4, -0.2) is 0 Å². The first-order valence-corrected chi connectivity index (χ1v) is 7.70. The molecule has 2 aromatic heterocycles. The molecule has 0 N–H and O–H groups in total. The van der Waals surface area contributed by atoms with Crippen molar-refractivity contribution in [3.8, 4) is 0 Å². The standard InChI is InChI=1S/C12H14S3/c1-9(11-5-3-7-13-11)15-10(2)12-6-4-8-14-12/h3-10H,1-2H3. The average molecular weight is 254 g/mol. The zero-order valence-corrected chi connectivity index (χ0v) is 11.3. The van der Waals surface area contributed by atoms with E-state index in [-0.39, 0.29) is 0 Å². The number of thioether (sulfide) groups is 1. The van der Waals surface area contributed by atoms with Crippen LogP contribution in [0.2, 0.25) is 0 Å².